The Balaban J connectivity index is 1.31. The van der Waals surface area contributed by atoms with Gasteiger partial charge in [-0.25, -0.2) is 4.79 Å². The van der Waals surface area contributed by atoms with E-state index >= 15 is 0 Å². The number of carbonyl (C=O) groups is 1. The van der Waals surface area contributed by atoms with Gasteiger partial charge in [0.05, 0.1) is 6.04 Å². The van der Waals surface area contributed by atoms with E-state index in [9.17, 15) is 9.90 Å². The summed E-state index contributed by atoms with van der Waals surface area (Å²) in [7, 11) is 2.18. The highest BCUT2D eigenvalue weighted by Gasteiger charge is 2.27. The zero-order valence-corrected chi connectivity index (χ0v) is 23.3. The minimum Gasteiger partial charge on any atom is -0.492 e. The lowest BCUT2D eigenvalue weighted by Gasteiger charge is -2.30. The van der Waals surface area contributed by atoms with Crippen LogP contribution in [0.25, 0.3) is 11.1 Å². The molecule has 206 valence electrons. The van der Waals surface area contributed by atoms with Gasteiger partial charge in [0.2, 0.25) is 0 Å². The van der Waals surface area contributed by atoms with Crippen LogP contribution in [0.4, 0.5) is 0 Å². The van der Waals surface area contributed by atoms with Crippen molar-refractivity contribution in [3.05, 3.63) is 125 Å². The Bertz CT molecular complexity index is 1420. The molecule has 0 heterocycles. The maximum absolute atomic E-state index is 11.4. The van der Waals surface area contributed by atoms with Crippen LogP contribution >= 0.6 is 0 Å². The third-order valence-electron chi connectivity index (χ3n) is 7.70. The second kappa shape index (κ2) is 12.9. The van der Waals surface area contributed by atoms with Gasteiger partial charge in [0, 0.05) is 19.6 Å². The van der Waals surface area contributed by atoms with Crippen LogP contribution < -0.4 is 4.74 Å². The average Bonchev–Trinajstić information content (AvgIpc) is 3.14. The molecular formula is C35H37NO4. The minimum atomic E-state index is -0.942. The van der Waals surface area contributed by atoms with Crippen molar-refractivity contribution in [1.82, 2.24) is 4.90 Å². The van der Waals surface area contributed by atoms with Gasteiger partial charge in [-0.3, -0.25) is 4.90 Å². The van der Waals surface area contributed by atoms with E-state index in [1.807, 2.05) is 24.3 Å². The summed E-state index contributed by atoms with van der Waals surface area (Å²) in [6.07, 6.45) is 1.56. The van der Waals surface area contributed by atoms with Gasteiger partial charge in [-0.15, -0.1) is 0 Å². The second-order valence-corrected chi connectivity index (χ2v) is 10.3. The molecule has 5 heteroatoms. The zero-order chi connectivity index (χ0) is 27.9. The molecule has 0 saturated heterocycles. The SMILES string of the molecule is CCOC(Cc1ccc(OCCN(C)C2c3ccccc3CCc3ccc(-c4ccccc4)cc32)cc1)C(=O)O. The molecule has 0 bridgehead atoms. The monoisotopic (exact) mass is 535 g/mol. The molecule has 0 saturated carbocycles. The summed E-state index contributed by atoms with van der Waals surface area (Å²) >= 11 is 0. The lowest BCUT2D eigenvalue weighted by molar-refractivity contribution is -0.149. The van der Waals surface area contributed by atoms with E-state index in [1.165, 1.54) is 33.4 Å². The Morgan fingerprint density at radius 1 is 0.875 bits per heavy atom. The average molecular weight is 536 g/mol. The summed E-state index contributed by atoms with van der Waals surface area (Å²) in [5.41, 5.74) is 8.90. The smallest absolute Gasteiger partial charge is 0.333 e. The van der Waals surface area contributed by atoms with Crippen LogP contribution in [0.15, 0.2) is 97.1 Å². The van der Waals surface area contributed by atoms with Gasteiger partial charge in [-0.05, 0) is 84.0 Å². The fraction of sp³-hybridized carbons (Fsp3) is 0.286. The number of hydrogen-bond acceptors (Lipinski definition) is 4. The summed E-state index contributed by atoms with van der Waals surface area (Å²) in [4.78, 5) is 13.8. The number of ether oxygens (including phenoxy) is 2. The third kappa shape index (κ3) is 6.44. The van der Waals surface area contributed by atoms with Crippen molar-refractivity contribution in [2.45, 2.75) is 38.3 Å². The van der Waals surface area contributed by atoms with Crippen molar-refractivity contribution in [1.29, 1.82) is 0 Å². The van der Waals surface area contributed by atoms with E-state index < -0.39 is 12.1 Å². The molecular weight excluding hydrogens is 498 g/mol. The summed E-state index contributed by atoms with van der Waals surface area (Å²) < 4.78 is 11.5. The fourth-order valence-corrected chi connectivity index (χ4v) is 5.62. The van der Waals surface area contributed by atoms with Crippen LogP contribution in [0, 0.1) is 0 Å². The van der Waals surface area contributed by atoms with Gasteiger partial charge >= 0.3 is 5.97 Å². The van der Waals surface area contributed by atoms with Crippen molar-refractivity contribution in [3.8, 4) is 16.9 Å². The second-order valence-electron chi connectivity index (χ2n) is 10.3. The molecule has 40 heavy (non-hydrogen) atoms. The highest BCUT2D eigenvalue weighted by molar-refractivity contribution is 5.72. The first-order chi connectivity index (χ1) is 19.5. The Morgan fingerprint density at radius 3 is 2.30 bits per heavy atom. The minimum absolute atomic E-state index is 0.134. The van der Waals surface area contributed by atoms with Gasteiger partial charge in [-0.1, -0.05) is 78.9 Å². The van der Waals surface area contributed by atoms with E-state index in [0.29, 0.717) is 19.6 Å². The van der Waals surface area contributed by atoms with Crippen LogP contribution in [-0.2, 0) is 28.8 Å². The van der Waals surface area contributed by atoms with Crippen molar-refractivity contribution in [3.63, 3.8) is 0 Å². The first-order valence-electron chi connectivity index (χ1n) is 14.1. The van der Waals surface area contributed by atoms with Crippen molar-refractivity contribution >= 4 is 5.97 Å². The van der Waals surface area contributed by atoms with Gasteiger partial charge in [-0.2, -0.15) is 0 Å². The molecule has 5 rings (SSSR count). The van der Waals surface area contributed by atoms with E-state index in [2.05, 4.69) is 84.7 Å². The van der Waals surface area contributed by atoms with Gasteiger partial charge in [0.1, 0.15) is 12.4 Å². The van der Waals surface area contributed by atoms with Gasteiger partial charge in [0.25, 0.3) is 0 Å². The maximum atomic E-state index is 11.4. The Morgan fingerprint density at radius 2 is 1.57 bits per heavy atom. The molecule has 5 nitrogen and oxygen atoms in total. The maximum Gasteiger partial charge on any atom is 0.333 e. The van der Waals surface area contributed by atoms with Crippen molar-refractivity contribution in [2.24, 2.45) is 0 Å². The van der Waals surface area contributed by atoms with Gasteiger partial charge < -0.3 is 14.6 Å². The summed E-state index contributed by atoms with van der Waals surface area (Å²) in [5.74, 6) is -0.170. The summed E-state index contributed by atoms with van der Waals surface area (Å²) in [6.45, 7) is 3.47. The highest BCUT2D eigenvalue weighted by Crippen LogP contribution is 2.38. The predicted molar refractivity (Wildman–Crippen MR) is 159 cm³/mol. The molecule has 2 unspecified atom stereocenters. The summed E-state index contributed by atoms with van der Waals surface area (Å²) in [6, 6.07) is 34.1. The molecule has 4 aromatic rings. The molecule has 0 aromatic heterocycles. The molecule has 1 N–H and O–H groups in total. The Labute approximate surface area is 237 Å². The zero-order valence-electron chi connectivity index (χ0n) is 23.3. The Hall–Kier alpha value is -3.93. The molecule has 0 radical (unpaired) electrons. The van der Waals surface area contributed by atoms with Crippen molar-refractivity contribution < 1.29 is 19.4 Å². The number of hydrogen-bond donors (Lipinski definition) is 1. The first kappa shape index (κ1) is 27.6. The van der Waals surface area contributed by atoms with Crippen LogP contribution in [0.2, 0.25) is 0 Å². The number of nitrogens with zero attached hydrogens (tertiary/aromatic N) is 1. The number of aryl methyl sites for hydroxylation is 2. The molecule has 4 aromatic carbocycles. The number of carboxylic acid groups (broad SMARTS) is 1. The fourth-order valence-electron chi connectivity index (χ4n) is 5.62. The number of benzene rings is 4. The molecule has 2 atom stereocenters. The number of likely N-dealkylation sites (N-methyl/N-ethyl adjacent to an activating group) is 1. The lowest BCUT2D eigenvalue weighted by atomic mass is 9.91. The molecule has 0 fully saturated rings. The summed E-state index contributed by atoms with van der Waals surface area (Å²) in [5, 5.41) is 9.35. The largest absolute Gasteiger partial charge is 0.492 e. The number of rotatable bonds is 11. The van der Waals surface area contributed by atoms with E-state index in [4.69, 9.17) is 9.47 Å². The first-order valence-corrected chi connectivity index (χ1v) is 14.1. The molecule has 0 amide bonds. The normalized spacial score (nSPS) is 15.1. The number of fused-ring (bicyclic) bond motifs is 2. The van der Waals surface area contributed by atoms with Crippen LogP contribution in [0.5, 0.6) is 5.75 Å². The molecule has 0 spiro atoms. The molecule has 1 aliphatic carbocycles. The number of aliphatic carboxylic acids is 1. The quantitative estimate of drug-likeness (QED) is 0.235. The molecule has 0 aliphatic heterocycles. The third-order valence-corrected chi connectivity index (χ3v) is 7.70. The van der Waals surface area contributed by atoms with E-state index in [-0.39, 0.29) is 6.04 Å². The highest BCUT2D eigenvalue weighted by atomic mass is 16.5. The van der Waals surface area contributed by atoms with Gasteiger partial charge in [0.15, 0.2) is 6.10 Å². The van der Waals surface area contributed by atoms with Crippen LogP contribution in [0.3, 0.4) is 0 Å². The number of carboxylic acids is 1. The topological polar surface area (TPSA) is 59.0 Å². The molecule has 1 aliphatic rings. The lowest BCUT2D eigenvalue weighted by Crippen LogP contribution is -2.30. The van der Waals surface area contributed by atoms with E-state index in [1.54, 1.807) is 6.92 Å². The van der Waals surface area contributed by atoms with Crippen LogP contribution in [0.1, 0.15) is 40.8 Å². The van der Waals surface area contributed by atoms with Crippen molar-refractivity contribution in [2.75, 3.05) is 26.8 Å². The Kier molecular flexibility index (Phi) is 8.94. The van der Waals surface area contributed by atoms with E-state index in [0.717, 1.165) is 30.7 Å². The van der Waals surface area contributed by atoms with Crippen LogP contribution in [-0.4, -0.2) is 48.9 Å². The standard InChI is InChI=1S/C35H37NO4/c1-3-39-33(35(37)38)23-25-13-19-30(20-14-25)40-22-21-36(2)34-31-12-8-7-11-27(31)15-16-28-17-18-29(24-32(28)34)26-9-5-4-6-10-26/h4-14,17-20,24,33-34H,3,15-16,21-23H2,1-2H3,(H,37,38). The predicted octanol–water partition coefficient (Wildman–Crippen LogP) is 6.58.